The fraction of sp³-hybridized carbons (Fsp3) is 0.350. The molecular formula is C20H23Cl2N3O. The summed E-state index contributed by atoms with van der Waals surface area (Å²) in [6, 6.07) is 15.7. The van der Waals surface area contributed by atoms with Gasteiger partial charge in [-0.25, -0.2) is 0 Å². The summed E-state index contributed by atoms with van der Waals surface area (Å²) in [6.07, 6.45) is 0. The van der Waals surface area contributed by atoms with E-state index < -0.39 is 0 Å². The summed E-state index contributed by atoms with van der Waals surface area (Å²) < 4.78 is 0. The number of hydrogen-bond donors (Lipinski definition) is 1. The van der Waals surface area contributed by atoms with Crippen LogP contribution in [-0.4, -0.2) is 43.5 Å². The molecule has 0 spiro atoms. The van der Waals surface area contributed by atoms with Crippen molar-refractivity contribution >= 4 is 34.8 Å². The van der Waals surface area contributed by atoms with Crippen LogP contribution in [0.15, 0.2) is 48.5 Å². The number of nitrogens with one attached hydrogen (secondary N) is 1. The molecule has 2 aromatic carbocycles. The van der Waals surface area contributed by atoms with Crippen molar-refractivity contribution in [2.24, 2.45) is 0 Å². The first-order chi connectivity index (χ1) is 12.5. The van der Waals surface area contributed by atoms with E-state index in [0.29, 0.717) is 16.6 Å². The second-order valence-electron chi connectivity index (χ2n) is 6.47. The number of para-hydroxylation sites is 1. The van der Waals surface area contributed by atoms with Crippen molar-refractivity contribution in [1.82, 2.24) is 10.2 Å². The minimum atomic E-state index is -0.0191. The summed E-state index contributed by atoms with van der Waals surface area (Å²) in [4.78, 5) is 16.7. The van der Waals surface area contributed by atoms with Crippen molar-refractivity contribution < 1.29 is 4.79 Å². The number of nitrogens with zero attached hydrogens (tertiary/aromatic N) is 2. The zero-order valence-electron chi connectivity index (χ0n) is 14.8. The van der Waals surface area contributed by atoms with Crippen LogP contribution in [0, 0.1) is 0 Å². The van der Waals surface area contributed by atoms with Crippen molar-refractivity contribution in [3.63, 3.8) is 0 Å². The predicted octanol–water partition coefficient (Wildman–Crippen LogP) is 3.99. The molecule has 0 bridgehead atoms. The molecule has 0 radical (unpaired) electrons. The average Bonchev–Trinajstić information content (AvgIpc) is 2.66. The van der Waals surface area contributed by atoms with Crippen LogP contribution in [0.25, 0.3) is 0 Å². The van der Waals surface area contributed by atoms with Gasteiger partial charge < -0.3 is 15.1 Å². The van der Waals surface area contributed by atoms with Gasteiger partial charge in [-0.15, -0.1) is 0 Å². The molecule has 2 aromatic rings. The Kier molecular flexibility index (Phi) is 6.41. The lowest BCUT2D eigenvalue weighted by Gasteiger charge is -2.36. The molecule has 0 saturated carbocycles. The maximum absolute atomic E-state index is 12.5. The van der Waals surface area contributed by atoms with E-state index in [1.54, 1.807) is 6.07 Å². The molecule has 1 heterocycles. The van der Waals surface area contributed by atoms with Crippen LogP contribution >= 0.6 is 23.2 Å². The third kappa shape index (κ3) is 4.70. The lowest BCUT2D eigenvalue weighted by Crippen LogP contribution is -2.51. The lowest BCUT2D eigenvalue weighted by molar-refractivity contribution is -0.130. The van der Waals surface area contributed by atoms with Crippen molar-refractivity contribution in [1.29, 1.82) is 0 Å². The normalized spacial score (nSPS) is 15.8. The van der Waals surface area contributed by atoms with Crippen LogP contribution in [0.1, 0.15) is 18.5 Å². The minimum absolute atomic E-state index is 0.0191. The summed E-state index contributed by atoms with van der Waals surface area (Å²) in [6.45, 7) is 5.49. The fourth-order valence-electron chi connectivity index (χ4n) is 3.17. The Morgan fingerprint density at radius 3 is 2.42 bits per heavy atom. The number of hydrogen-bond acceptors (Lipinski definition) is 3. The van der Waals surface area contributed by atoms with Gasteiger partial charge in [0.15, 0.2) is 0 Å². The molecule has 1 fully saturated rings. The first kappa shape index (κ1) is 19.0. The molecule has 0 unspecified atom stereocenters. The highest BCUT2D eigenvalue weighted by Gasteiger charge is 2.21. The van der Waals surface area contributed by atoms with Gasteiger partial charge in [-0.05, 0) is 36.8 Å². The molecule has 1 saturated heterocycles. The zero-order valence-corrected chi connectivity index (χ0v) is 16.3. The van der Waals surface area contributed by atoms with E-state index >= 15 is 0 Å². The number of anilines is 1. The molecule has 3 rings (SSSR count). The zero-order chi connectivity index (χ0) is 18.5. The summed E-state index contributed by atoms with van der Waals surface area (Å²) in [7, 11) is 0. The molecule has 1 N–H and O–H groups in total. The van der Waals surface area contributed by atoms with Gasteiger partial charge in [-0.2, -0.15) is 0 Å². The Balaban J connectivity index is 1.48. The standard InChI is InChI=1S/C20H23Cl2N3O/c1-15(18-8-7-16(21)13-19(18)22)23-14-20(26)25-11-9-24(10-12-25)17-5-3-2-4-6-17/h2-8,13,15,23H,9-12,14H2,1H3/t15-/m1/s1. The van der Waals surface area contributed by atoms with Crippen LogP contribution in [0.5, 0.6) is 0 Å². The molecule has 1 aliphatic rings. The van der Waals surface area contributed by atoms with Gasteiger partial charge in [0.25, 0.3) is 0 Å². The highest BCUT2D eigenvalue weighted by molar-refractivity contribution is 6.35. The van der Waals surface area contributed by atoms with Gasteiger partial charge in [0, 0.05) is 48.0 Å². The monoisotopic (exact) mass is 391 g/mol. The molecular weight excluding hydrogens is 369 g/mol. The van der Waals surface area contributed by atoms with E-state index in [0.717, 1.165) is 31.7 Å². The molecule has 138 valence electrons. The number of halogens is 2. The van der Waals surface area contributed by atoms with E-state index in [-0.39, 0.29) is 11.9 Å². The number of rotatable bonds is 5. The third-order valence-electron chi connectivity index (χ3n) is 4.74. The Bertz CT molecular complexity index is 746. The van der Waals surface area contributed by atoms with Crippen LogP contribution in [0.2, 0.25) is 10.0 Å². The highest BCUT2D eigenvalue weighted by Crippen LogP contribution is 2.26. The predicted molar refractivity (Wildman–Crippen MR) is 108 cm³/mol. The first-order valence-corrected chi connectivity index (χ1v) is 9.56. The fourth-order valence-corrected chi connectivity index (χ4v) is 3.74. The smallest absolute Gasteiger partial charge is 0.236 e. The SMILES string of the molecule is C[C@@H](NCC(=O)N1CCN(c2ccccc2)CC1)c1ccc(Cl)cc1Cl. The quantitative estimate of drug-likeness (QED) is 0.836. The van der Waals surface area contributed by atoms with E-state index in [1.165, 1.54) is 5.69 Å². The van der Waals surface area contributed by atoms with Crippen molar-refractivity contribution in [2.75, 3.05) is 37.6 Å². The van der Waals surface area contributed by atoms with Crippen molar-refractivity contribution in [3.8, 4) is 0 Å². The second-order valence-corrected chi connectivity index (χ2v) is 7.32. The maximum Gasteiger partial charge on any atom is 0.236 e. The summed E-state index contributed by atoms with van der Waals surface area (Å²) >= 11 is 12.2. The molecule has 1 atom stereocenters. The van der Waals surface area contributed by atoms with Crippen LogP contribution in [0.3, 0.4) is 0 Å². The maximum atomic E-state index is 12.5. The largest absolute Gasteiger partial charge is 0.368 e. The van der Waals surface area contributed by atoms with Crippen LogP contribution in [-0.2, 0) is 4.79 Å². The van der Waals surface area contributed by atoms with E-state index in [1.807, 2.05) is 42.2 Å². The first-order valence-electron chi connectivity index (χ1n) is 8.80. The van der Waals surface area contributed by atoms with E-state index in [4.69, 9.17) is 23.2 Å². The molecule has 26 heavy (non-hydrogen) atoms. The molecule has 0 aromatic heterocycles. The minimum Gasteiger partial charge on any atom is -0.368 e. The van der Waals surface area contributed by atoms with Crippen LogP contribution in [0.4, 0.5) is 5.69 Å². The third-order valence-corrected chi connectivity index (χ3v) is 5.30. The Labute approximate surface area is 164 Å². The molecule has 1 aliphatic heterocycles. The molecule has 6 heteroatoms. The Morgan fingerprint density at radius 2 is 1.77 bits per heavy atom. The van der Waals surface area contributed by atoms with Gasteiger partial charge in [-0.1, -0.05) is 47.5 Å². The summed E-state index contributed by atoms with van der Waals surface area (Å²) in [5.74, 6) is 0.120. The Hall–Kier alpha value is -1.75. The Morgan fingerprint density at radius 1 is 1.08 bits per heavy atom. The van der Waals surface area contributed by atoms with Gasteiger partial charge in [0.2, 0.25) is 5.91 Å². The number of amides is 1. The number of carbonyl (C=O) groups excluding carboxylic acids is 1. The topological polar surface area (TPSA) is 35.6 Å². The van der Waals surface area contributed by atoms with Gasteiger partial charge in [0.05, 0.1) is 6.54 Å². The van der Waals surface area contributed by atoms with E-state index in [9.17, 15) is 4.79 Å². The molecule has 1 amide bonds. The van der Waals surface area contributed by atoms with Crippen molar-refractivity contribution in [2.45, 2.75) is 13.0 Å². The highest BCUT2D eigenvalue weighted by atomic mass is 35.5. The van der Waals surface area contributed by atoms with Crippen molar-refractivity contribution in [3.05, 3.63) is 64.1 Å². The molecule has 4 nitrogen and oxygen atoms in total. The summed E-state index contributed by atoms with van der Waals surface area (Å²) in [5, 5.41) is 4.49. The van der Waals surface area contributed by atoms with Crippen LogP contribution < -0.4 is 10.2 Å². The average molecular weight is 392 g/mol. The lowest BCUT2D eigenvalue weighted by atomic mass is 10.1. The van der Waals surface area contributed by atoms with E-state index in [2.05, 4.69) is 22.3 Å². The van der Waals surface area contributed by atoms with Gasteiger partial charge in [-0.3, -0.25) is 4.79 Å². The van der Waals surface area contributed by atoms with Gasteiger partial charge in [0.1, 0.15) is 0 Å². The molecule has 0 aliphatic carbocycles. The number of carbonyl (C=O) groups is 1. The second kappa shape index (κ2) is 8.76. The number of piperazine rings is 1. The number of benzene rings is 2. The van der Waals surface area contributed by atoms with Gasteiger partial charge >= 0.3 is 0 Å². The summed E-state index contributed by atoms with van der Waals surface area (Å²) in [5.41, 5.74) is 2.15.